The van der Waals surface area contributed by atoms with E-state index in [0.29, 0.717) is 0 Å². The standard InChI is InChI=1S/C7H4F3NO2/c8-7(9,10)13-6-5(4-12)2-1-3-11-6/h1-4H. The molecule has 0 atom stereocenters. The maximum Gasteiger partial charge on any atom is 0.574 e. The van der Waals surface area contributed by atoms with Crippen LogP contribution in [-0.4, -0.2) is 17.6 Å². The largest absolute Gasteiger partial charge is 0.574 e. The summed E-state index contributed by atoms with van der Waals surface area (Å²) in [4.78, 5) is 13.5. The highest BCUT2D eigenvalue weighted by Gasteiger charge is 2.32. The molecular formula is C7H4F3NO2. The van der Waals surface area contributed by atoms with Crippen LogP contribution in [0, 0.1) is 0 Å². The van der Waals surface area contributed by atoms with E-state index in [1.807, 2.05) is 0 Å². The van der Waals surface area contributed by atoms with Gasteiger partial charge in [-0.15, -0.1) is 13.2 Å². The van der Waals surface area contributed by atoms with Gasteiger partial charge < -0.3 is 4.74 Å². The van der Waals surface area contributed by atoms with Gasteiger partial charge in [-0.2, -0.15) is 0 Å². The number of nitrogens with zero attached hydrogens (tertiary/aromatic N) is 1. The molecule has 1 aromatic heterocycles. The number of carbonyl (C=O) groups is 1. The summed E-state index contributed by atoms with van der Waals surface area (Å²) in [7, 11) is 0. The van der Waals surface area contributed by atoms with E-state index in [0.717, 1.165) is 6.20 Å². The Morgan fingerprint density at radius 3 is 2.69 bits per heavy atom. The Morgan fingerprint density at radius 2 is 2.15 bits per heavy atom. The van der Waals surface area contributed by atoms with Crippen LogP contribution in [0.15, 0.2) is 18.3 Å². The molecule has 0 bridgehead atoms. The Hall–Kier alpha value is -1.59. The Morgan fingerprint density at radius 1 is 1.46 bits per heavy atom. The first-order valence-electron chi connectivity index (χ1n) is 3.19. The van der Waals surface area contributed by atoms with E-state index in [2.05, 4.69) is 9.72 Å². The van der Waals surface area contributed by atoms with E-state index in [9.17, 15) is 18.0 Å². The average molecular weight is 191 g/mol. The van der Waals surface area contributed by atoms with Crippen LogP contribution < -0.4 is 4.74 Å². The summed E-state index contributed by atoms with van der Waals surface area (Å²) in [5.74, 6) is -0.731. The number of halogens is 3. The molecule has 1 heterocycles. The van der Waals surface area contributed by atoms with Crippen molar-refractivity contribution in [3.05, 3.63) is 23.9 Å². The van der Waals surface area contributed by atoms with Crippen LogP contribution in [0.1, 0.15) is 10.4 Å². The fraction of sp³-hybridized carbons (Fsp3) is 0.143. The van der Waals surface area contributed by atoms with Gasteiger partial charge in [0.15, 0.2) is 6.29 Å². The van der Waals surface area contributed by atoms with Gasteiger partial charge in [-0.3, -0.25) is 4.79 Å². The second kappa shape index (κ2) is 3.42. The average Bonchev–Trinajstić information content (AvgIpc) is 2.02. The third kappa shape index (κ3) is 2.73. The van der Waals surface area contributed by atoms with E-state index in [1.165, 1.54) is 12.1 Å². The molecule has 3 nitrogen and oxygen atoms in total. The lowest BCUT2D eigenvalue weighted by Gasteiger charge is -2.08. The maximum atomic E-state index is 11.7. The minimum atomic E-state index is -4.83. The van der Waals surface area contributed by atoms with Gasteiger partial charge >= 0.3 is 6.36 Å². The number of hydrogen-bond acceptors (Lipinski definition) is 3. The van der Waals surface area contributed by atoms with Crippen LogP contribution in [-0.2, 0) is 0 Å². The molecule has 1 rings (SSSR count). The van der Waals surface area contributed by atoms with Gasteiger partial charge in [-0.05, 0) is 12.1 Å². The SMILES string of the molecule is O=Cc1cccnc1OC(F)(F)F. The third-order valence-corrected chi connectivity index (χ3v) is 1.14. The van der Waals surface area contributed by atoms with Crippen LogP contribution in [0.3, 0.4) is 0 Å². The van der Waals surface area contributed by atoms with Crippen molar-refractivity contribution in [3.63, 3.8) is 0 Å². The van der Waals surface area contributed by atoms with Crippen molar-refractivity contribution in [2.24, 2.45) is 0 Å². The highest BCUT2D eigenvalue weighted by molar-refractivity contribution is 5.77. The molecule has 0 N–H and O–H groups in total. The first kappa shape index (κ1) is 9.50. The number of aldehydes is 1. The number of rotatable bonds is 2. The topological polar surface area (TPSA) is 39.2 Å². The van der Waals surface area contributed by atoms with Crippen molar-refractivity contribution in [1.29, 1.82) is 0 Å². The van der Waals surface area contributed by atoms with Crippen molar-refractivity contribution < 1.29 is 22.7 Å². The normalized spacial score (nSPS) is 11.0. The predicted molar refractivity (Wildman–Crippen MR) is 36.3 cm³/mol. The minimum Gasteiger partial charge on any atom is -0.387 e. The molecule has 13 heavy (non-hydrogen) atoms. The van der Waals surface area contributed by atoms with Gasteiger partial charge in [0.25, 0.3) is 0 Å². The van der Waals surface area contributed by atoms with E-state index in [4.69, 9.17) is 0 Å². The van der Waals surface area contributed by atoms with Crippen molar-refractivity contribution in [1.82, 2.24) is 4.98 Å². The lowest BCUT2D eigenvalue weighted by atomic mass is 10.3. The van der Waals surface area contributed by atoms with Crippen molar-refractivity contribution in [2.75, 3.05) is 0 Å². The fourth-order valence-corrected chi connectivity index (χ4v) is 0.688. The Labute approximate surface area is 71.2 Å². The molecule has 70 valence electrons. The molecule has 0 aliphatic rings. The molecule has 0 spiro atoms. The smallest absolute Gasteiger partial charge is 0.387 e. The second-order valence-corrected chi connectivity index (χ2v) is 2.06. The zero-order chi connectivity index (χ0) is 9.90. The van der Waals surface area contributed by atoms with Crippen molar-refractivity contribution in [3.8, 4) is 5.88 Å². The number of pyridine rings is 1. The van der Waals surface area contributed by atoms with Gasteiger partial charge in [0, 0.05) is 6.20 Å². The van der Waals surface area contributed by atoms with Crippen LogP contribution in [0.5, 0.6) is 5.88 Å². The first-order valence-corrected chi connectivity index (χ1v) is 3.19. The maximum absolute atomic E-state index is 11.7. The van der Waals surface area contributed by atoms with E-state index < -0.39 is 12.2 Å². The number of carbonyl (C=O) groups excluding carboxylic acids is 1. The van der Waals surface area contributed by atoms with Gasteiger partial charge in [0.05, 0.1) is 5.56 Å². The Kier molecular flexibility index (Phi) is 2.50. The van der Waals surface area contributed by atoms with E-state index in [-0.39, 0.29) is 11.8 Å². The first-order chi connectivity index (χ1) is 6.03. The van der Waals surface area contributed by atoms with Crippen molar-refractivity contribution in [2.45, 2.75) is 6.36 Å². The lowest BCUT2D eigenvalue weighted by Crippen LogP contribution is -2.18. The van der Waals surface area contributed by atoms with Gasteiger partial charge in [0.1, 0.15) is 0 Å². The van der Waals surface area contributed by atoms with Gasteiger partial charge in [-0.1, -0.05) is 0 Å². The molecule has 1 aromatic rings. The quantitative estimate of drug-likeness (QED) is 0.669. The zero-order valence-corrected chi connectivity index (χ0v) is 6.21. The predicted octanol–water partition coefficient (Wildman–Crippen LogP) is 1.79. The van der Waals surface area contributed by atoms with Gasteiger partial charge in [-0.25, -0.2) is 4.98 Å². The van der Waals surface area contributed by atoms with Gasteiger partial charge in [0.2, 0.25) is 5.88 Å². The summed E-state index contributed by atoms with van der Waals surface area (Å²) in [5, 5.41) is 0. The molecule has 0 saturated heterocycles. The molecule has 0 aliphatic carbocycles. The minimum absolute atomic E-state index is 0.236. The molecule has 0 aliphatic heterocycles. The van der Waals surface area contributed by atoms with Crippen LogP contribution in [0.25, 0.3) is 0 Å². The molecule has 0 aromatic carbocycles. The molecule has 0 unspecified atom stereocenters. The summed E-state index contributed by atoms with van der Waals surface area (Å²) < 4.78 is 38.5. The summed E-state index contributed by atoms with van der Waals surface area (Å²) >= 11 is 0. The summed E-state index contributed by atoms with van der Waals surface area (Å²) in [6.45, 7) is 0. The zero-order valence-electron chi connectivity index (χ0n) is 6.21. The molecule has 0 amide bonds. The van der Waals surface area contributed by atoms with E-state index in [1.54, 1.807) is 0 Å². The number of ether oxygens (including phenoxy) is 1. The van der Waals surface area contributed by atoms with Crippen LogP contribution in [0.2, 0.25) is 0 Å². The monoisotopic (exact) mass is 191 g/mol. The van der Waals surface area contributed by atoms with Crippen LogP contribution in [0.4, 0.5) is 13.2 Å². The molecule has 0 saturated carbocycles. The molecular weight excluding hydrogens is 187 g/mol. The molecule has 0 fully saturated rings. The summed E-state index contributed by atoms with van der Waals surface area (Å²) in [5.41, 5.74) is -0.236. The Bertz CT molecular complexity index is 311. The lowest BCUT2D eigenvalue weighted by molar-refractivity contribution is -0.276. The summed E-state index contributed by atoms with van der Waals surface area (Å²) in [6, 6.07) is 2.52. The third-order valence-electron chi connectivity index (χ3n) is 1.14. The van der Waals surface area contributed by atoms with Crippen molar-refractivity contribution >= 4 is 6.29 Å². The molecule has 6 heteroatoms. The van der Waals surface area contributed by atoms with E-state index >= 15 is 0 Å². The highest BCUT2D eigenvalue weighted by Crippen LogP contribution is 2.22. The number of hydrogen-bond donors (Lipinski definition) is 0. The Balaban J connectivity index is 2.94. The number of aromatic nitrogens is 1. The number of alkyl halides is 3. The molecule has 0 radical (unpaired) electrons. The summed E-state index contributed by atoms with van der Waals surface area (Å²) in [6.07, 6.45) is -3.48. The fourth-order valence-electron chi connectivity index (χ4n) is 0.688. The van der Waals surface area contributed by atoms with Crippen LogP contribution >= 0.6 is 0 Å². The highest BCUT2D eigenvalue weighted by atomic mass is 19.4. The second-order valence-electron chi connectivity index (χ2n) is 2.06.